The number of hydrogen-bond donors (Lipinski definition) is 1. The van der Waals surface area contributed by atoms with Crippen LogP contribution in [0.25, 0.3) is 0 Å². The van der Waals surface area contributed by atoms with E-state index in [1.54, 1.807) is 0 Å². The summed E-state index contributed by atoms with van der Waals surface area (Å²) in [4.78, 5) is 0. The predicted octanol–water partition coefficient (Wildman–Crippen LogP) is 2.43. The zero-order valence-corrected chi connectivity index (χ0v) is 9.83. The highest BCUT2D eigenvalue weighted by Crippen LogP contribution is 2.42. The van der Waals surface area contributed by atoms with E-state index < -0.39 is 0 Å². The van der Waals surface area contributed by atoms with Crippen molar-refractivity contribution in [1.29, 1.82) is 0 Å². The van der Waals surface area contributed by atoms with Crippen molar-refractivity contribution < 1.29 is 4.74 Å². The Morgan fingerprint density at radius 2 is 2.25 bits per heavy atom. The van der Waals surface area contributed by atoms with Crippen molar-refractivity contribution in [2.24, 2.45) is 5.92 Å². The lowest BCUT2D eigenvalue weighted by molar-refractivity contribution is -0.117. The number of nitrogens with one attached hydrogen (secondary N) is 1. The van der Waals surface area contributed by atoms with Crippen LogP contribution in [-0.2, 0) is 16.8 Å². The van der Waals surface area contributed by atoms with Gasteiger partial charge in [-0.15, -0.1) is 0 Å². The average molecular weight is 217 g/mol. The fourth-order valence-electron chi connectivity index (χ4n) is 3.18. The second-order valence-electron chi connectivity index (χ2n) is 5.10. The topological polar surface area (TPSA) is 21.3 Å². The summed E-state index contributed by atoms with van der Waals surface area (Å²) in [5.74, 6) is 0.616. The molecule has 16 heavy (non-hydrogen) atoms. The van der Waals surface area contributed by atoms with Crippen LogP contribution >= 0.6 is 0 Å². The summed E-state index contributed by atoms with van der Waals surface area (Å²) in [6.07, 6.45) is 3.74. The van der Waals surface area contributed by atoms with Gasteiger partial charge in [0.05, 0.1) is 12.3 Å². The molecule has 2 atom stereocenters. The number of ether oxygens (including phenoxy) is 1. The van der Waals surface area contributed by atoms with Crippen molar-refractivity contribution in [3.05, 3.63) is 35.4 Å². The van der Waals surface area contributed by atoms with Crippen LogP contribution < -0.4 is 5.32 Å². The van der Waals surface area contributed by atoms with Gasteiger partial charge in [0.2, 0.25) is 0 Å². The Morgan fingerprint density at radius 1 is 1.38 bits per heavy atom. The summed E-state index contributed by atoms with van der Waals surface area (Å²) < 4.78 is 6.06. The Bertz CT molecular complexity index is 390. The van der Waals surface area contributed by atoms with Crippen LogP contribution in [0.3, 0.4) is 0 Å². The maximum Gasteiger partial charge on any atom is 0.0977 e. The molecule has 0 aromatic heterocycles. The Labute approximate surface area is 97.0 Å². The van der Waals surface area contributed by atoms with Gasteiger partial charge in [0.1, 0.15) is 0 Å². The van der Waals surface area contributed by atoms with E-state index in [4.69, 9.17) is 4.74 Å². The van der Waals surface area contributed by atoms with Crippen LogP contribution in [0.5, 0.6) is 0 Å². The van der Waals surface area contributed by atoms with Gasteiger partial charge in [-0.2, -0.15) is 0 Å². The van der Waals surface area contributed by atoms with Crippen LogP contribution in [-0.4, -0.2) is 13.3 Å². The lowest BCUT2D eigenvalue weighted by Gasteiger charge is -2.41. The molecule has 1 aliphatic carbocycles. The maximum absolute atomic E-state index is 6.06. The minimum absolute atomic E-state index is 0.0711. The van der Waals surface area contributed by atoms with Gasteiger partial charge in [0.25, 0.3) is 0 Å². The Kier molecular flexibility index (Phi) is 2.49. The molecule has 0 bridgehead atoms. The van der Waals surface area contributed by atoms with Crippen LogP contribution in [0.4, 0.5) is 0 Å². The summed E-state index contributed by atoms with van der Waals surface area (Å²) in [5.41, 5.74) is 2.83. The van der Waals surface area contributed by atoms with Gasteiger partial charge in [-0.1, -0.05) is 24.3 Å². The summed E-state index contributed by atoms with van der Waals surface area (Å²) in [7, 11) is 0. The third-order valence-corrected chi connectivity index (χ3v) is 4.19. The van der Waals surface area contributed by atoms with E-state index >= 15 is 0 Å². The van der Waals surface area contributed by atoms with Gasteiger partial charge in [-0.05, 0) is 37.3 Å². The molecule has 86 valence electrons. The van der Waals surface area contributed by atoms with Crippen molar-refractivity contribution in [3.63, 3.8) is 0 Å². The second kappa shape index (κ2) is 3.86. The first kappa shape index (κ1) is 10.3. The third-order valence-electron chi connectivity index (χ3n) is 4.19. The molecule has 0 spiro atoms. The third kappa shape index (κ3) is 1.48. The number of hydrogen-bond acceptors (Lipinski definition) is 2. The molecule has 0 radical (unpaired) electrons. The van der Waals surface area contributed by atoms with Crippen molar-refractivity contribution >= 4 is 0 Å². The number of fused-ring (bicyclic) bond motifs is 3. The van der Waals surface area contributed by atoms with E-state index in [0.29, 0.717) is 12.6 Å². The van der Waals surface area contributed by atoms with Gasteiger partial charge >= 0.3 is 0 Å². The number of rotatable bonds is 0. The highest BCUT2D eigenvalue weighted by molar-refractivity contribution is 5.34. The molecule has 1 fully saturated rings. The summed E-state index contributed by atoms with van der Waals surface area (Å²) in [6, 6.07) is 8.79. The molecular weight excluding hydrogens is 198 g/mol. The molecule has 2 unspecified atom stereocenters. The second-order valence-corrected chi connectivity index (χ2v) is 5.10. The van der Waals surface area contributed by atoms with E-state index in [1.165, 1.54) is 30.4 Å². The molecule has 1 aromatic carbocycles. The lowest BCUT2D eigenvalue weighted by atomic mass is 9.80. The molecule has 2 heteroatoms. The van der Waals surface area contributed by atoms with Crippen molar-refractivity contribution in [1.82, 2.24) is 5.32 Å². The number of benzene rings is 1. The van der Waals surface area contributed by atoms with Gasteiger partial charge in [-0.3, -0.25) is 5.32 Å². The molecule has 1 N–H and O–H groups in total. The molecule has 0 saturated carbocycles. The molecule has 1 aromatic rings. The molecule has 1 heterocycles. The fourth-order valence-corrected chi connectivity index (χ4v) is 3.18. The van der Waals surface area contributed by atoms with Crippen LogP contribution in [0.15, 0.2) is 24.3 Å². The van der Waals surface area contributed by atoms with Gasteiger partial charge in [0.15, 0.2) is 0 Å². The van der Waals surface area contributed by atoms with E-state index in [9.17, 15) is 0 Å². The standard InChI is InChI=1S/C14H19NO/c1-14-12(9-15-10-16-14)7-4-6-11-5-2-3-8-13(11)14/h2-3,5,8,12,15H,4,6-7,9-10H2,1H3. The summed E-state index contributed by atoms with van der Waals surface area (Å²) >= 11 is 0. The predicted molar refractivity (Wildman–Crippen MR) is 64.2 cm³/mol. The van der Waals surface area contributed by atoms with Crippen molar-refractivity contribution in [2.45, 2.75) is 31.8 Å². The molecule has 1 saturated heterocycles. The smallest absolute Gasteiger partial charge is 0.0977 e. The fraction of sp³-hybridized carbons (Fsp3) is 0.571. The van der Waals surface area contributed by atoms with Gasteiger partial charge < -0.3 is 4.74 Å². The van der Waals surface area contributed by atoms with E-state index in [-0.39, 0.29) is 5.60 Å². The average Bonchev–Trinajstić information content (AvgIpc) is 2.46. The molecule has 1 aliphatic heterocycles. The minimum Gasteiger partial charge on any atom is -0.355 e. The normalized spacial score (nSPS) is 33.7. The highest BCUT2D eigenvalue weighted by atomic mass is 16.5. The van der Waals surface area contributed by atoms with Crippen LogP contribution in [0.1, 0.15) is 30.9 Å². The molecule has 2 nitrogen and oxygen atoms in total. The number of aryl methyl sites for hydroxylation is 1. The van der Waals surface area contributed by atoms with Gasteiger partial charge in [0, 0.05) is 12.5 Å². The van der Waals surface area contributed by atoms with Gasteiger partial charge in [-0.25, -0.2) is 0 Å². The molecule has 3 rings (SSSR count). The Balaban J connectivity index is 2.09. The quantitative estimate of drug-likeness (QED) is 0.720. The van der Waals surface area contributed by atoms with Crippen molar-refractivity contribution in [2.75, 3.05) is 13.3 Å². The molecule has 0 amide bonds. The maximum atomic E-state index is 6.06. The first-order chi connectivity index (χ1) is 7.81. The zero-order chi connectivity index (χ0) is 11.0. The summed E-state index contributed by atoms with van der Waals surface area (Å²) in [5, 5.41) is 3.35. The minimum atomic E-state index is -0.0711. The SMILES string of the molecule is CC12OCNCC1CCCc1ccccc12. The van der Waals surface area contributed by atoms with Crippen LogP contribution in [0.2, 0.25) is 0 Å². The largest absolute Gasteiger partial charge is 0.355 e. The van der Waals surface area contributed by atoms with E-state index in [0.717, 1.165) is 6.54 Å². The van der Waals surface area contributed by atoms with Crippen molar-refractivity contribution in [3.8, 4) is 0 Å². The molecular formula is C14H19NO. The van der Waals surface area contributed by atoms with E-state index in [1.807, 2.05) is 0 Å². The van der Waals surface area contributed by atoms with E-state index in [2.05, 4.69) is 36.5 Å². The Hall–Kier alpha value is -0.860. The monoisotopic (exact) mass is 217 g/mol. The van der Waals surface area contributed by atoms with Crippen LogP contribution in [0, 0.1) is 5.92 Å². The lowest BCUT2D eigenvalue weighted by Crippen LogP contribution is -2.48. The first-order valence-corrected chi connectivity index (χ1v) is 6.24. The molecule has 2 aliphatic rings. The highest BCUT2D eigenvalue weighted by Gasteiger charge is 2.41. The zero-order valence-electron chi connectivity index (χ0n) is 9.83. The first-order valence-electron chi connectivity index (χ1n) is 6.24. The summed E-state index contributed by atoms with van der Waals surface area (Å²) in [6.45, 7) is 4.04. The Morgan fingerprint density at radius 3 is 3.19 bits per heavy atom.